The van der Waals surface area contributed by atoms with Gasteiger partial charge in [0.15, 0.2) is 0 Å². The summed E-state index contributed by atoms with van der Waals surface area (Å²) in [6.45, 7) is 0.599. The Labute approximate surface area is 117 Å². The molecule has 19 heavy (non-hydrogen) atoms. The van der Waals surface area contributed by atoms with Crippen molar-refractivity contribution in [2.45, 2.75) is 19.0 Å². The van der Waals surface area contributed by atoms with Crippen LogP contribution in [-0.2, 0) is 6.18 Å². The third kappa shape index (κ3) is 3.49. The first-order valence-electron chi connectivity index (χ1n) is 5.91. The molecule has 1 fully saturated rings. The van der Waals surface area contributed by atoms with Crippen molar-refractivity contribution in [3.8, 4) is 0 Å². The van der Waals surface area contributed by atoms with Gasteiger partial charge >= 0.3 is 6.18 Å². The Hall–Kier alpha value is -1.04. The van der Waals surface area contributed by atoms with Crippen molar-refractivity contribution in [1.29, 1.82) is 0 Å². The van der Waals surface area contributed by atoms with E-state index in [1.54, 1.807) is 7.05 Å². The highest BCUT2D eigenvalue weighted by molar-refractivity contribution is 9.10. The van der Waals surface area contributed by atoms with Crippen LogP contribution >= 0.6 is 15.9 Å². The van der Waals surface area contributed by atoms with Gasteiger partial charge in [-0.2, -0.15) is 13.2 Å². The number of alkyl halides is 3. The van der Waals surface area contributed by atoms with Gasteiger partial charge in [-0.25, -0.2) is 0 Å². The fourth-order valence-electron chi connectivity index (χ4n) is 1.84. The molecule has 0 saturated heterocycles. The number of carbonyl (C=O) groups excluding carboxylic acids is 1. The van der Waals surface area contributed by atoms with Gasteiger partial charge in [0.2, 0.25) is 0 Å². The van der Waals surface area contributed by atoms with Crippen molar-refractivity contribution in [2.24, 2.45) is 5.92 Å². The Morgan fingerprint density at radius 3 is 2.58 bits per heavy atom. The molecule has 0 N–H and O–H groups in total. The molecule has 0 aromatic heterocycles. The van der Waals surface area contributed by atoms with E-state index >= 15 is 0 Å². The maximum atomic E-state index is 12.6. The van der Waals surface area contributed by atoms with Gasteiger partial charge in [0.1, 0.15) is 0 Å². The Morgan fingerprint density at radius 1 is 1.42 bits per heavy atom. The number of rotatable bonds is 3. The number of hydrogen-bond donors (Lipinski definition) is 0. The third-order valence-corrected chi connectivity index (χ3v) is 3.79. The smallest absolute Gasteiger partial charge is 0.341 e. The van der Waals surface area contributed by atoms with Gasteiger partial charge < -0.3 is 4.90 Å². The van der Waals surface area contributed by atoms with E-state index < -0.39 is 11.7 Å². The Kier molecular flexibility index (Phi) is 3.90. The van der Waals surface area contributed by atoms with Gasteiger partial charge in [-0.05, 0) is 52.9 Å². The van der Waals surface area contributed by atoms with Crippen molar-refractivity contribution < 1.29 is 18.0 Å². The molecule has 1 aliphatic carbocycles. The van der Waals surface area contributed by atoms with E-state index in [4.69, 9.17) is 0 Å². The largest absolute Gasteiger partial charge is 0.416 e. The molecule has 0 atom stereocenters. The van der Waals surface area contributed by atoms with Crippen molar-refractivity contribution in [1.82, 2.24) is 4.90 Å². The summed E-state index contributed by atoms with van der Waals surface area (Å²) in [7, 11) is 1.62. The quantitative estimate of drug-likeness (QED) is 0.819. The maximum absolute atomic E-state index is 12.6. The molecule has 104 valence electrons. The first-order valence-corrected chi connectivity index (χ1v) is 6.70. The fourth-order valence-corrected chi connectivity index (χ4v) is 2.26. The summed E-state index contributed by atoms with van der Waals surface area (Å²) in [5.41, 5.74) is -0.753. The summed E-state index contributed by atoms with van der Waals surface area (Å²) >= 11 is 3.13. The normalized spacial score (nSPS) is 15.4. The molecule has 2 nitrogen and oxygen atoms in total. The Balaban J connectivity index is 2.24. The summed E-state index contributed by atoms with van der Waals surface area (Å²) in [4.78, 5) is 13.6. The number of halogens is 4. The van der Waals surface area contributed by atoms with E-state index in [9.17, 15) is 18.0 Å². The zero-order valence-electron chi connectivity index (χ0n) is 10.3. The lowest BCUT2D eigenvalue weighted by Crippen LogP contribution is -2.29. The van der Waals surface area contributed by atoms with E-state index in [2.05, 4.69) is 15.9 Å². The number of nitrogens with zero attached hydrogens (tertiary/aromatic N) is 1. The lowest BCUT2D eigenvalue weighted by molar-refractivity contribution is -0.137. The summed E-state index contributed by atoms with van der Waals surface area (Å²) in [6.07, 6.45) is -2.27. The van der Waals surface area contributed by atoms with Crippen molar-refractivity contribution in [2.75, 3.05) is 13.6 Å². The first kappa shape index (κ1) is 14.4. The van der Waals surface area contributed by atoms with Crippen molar-refractivity contribution >= 4 is 21.8 Å². The molecular weight excluding hydrogens is 323 g/mol. The maximum Gasteiger partial charge on any atom is 0.416 e. The molecule has 6 heteroatoms. The minimum absolute atomic E-state index is 0.0537. The summed E-state index contributed by atoms with van der Waals surface area (Å²) in [5, 5.41) is 0. The standard InChI is InChI=1S/C13H13BrF3NO/c1-18(7-8-2-3-8)12(19)10-6-9(13(15,16)17)4-5-11(10)14/h4-6,8H,2-3,7H2,1H3. The summed E-state index contributed by atoms with van der Waals surface area (Å²) < 4.78 is 38.3. The van der Waals surface area contributed by atoms with Gasteiger partial charge in [0, 0.05) is 18.1 Å². The molecule has 0 heterocycles. The molecule has 0 radical (unpaired) electrons. The van der Waals surface area contributed by atoms with Gasteiger partial charge in [0.05, 0.1) is 11.1 Å². The van der Waals surface area contributed by atoms with Crippen LogP contribution in [0, 0.1) is 5.92 Å². The van der Waals surface area contributed by atoms with Crippen LogP contribution in [0.5, 0.6) is 0 Å². The zero-order valence-corrected chi connectivity index (χ0v) is 11.9. The molecule has 1 aliphatic rings. The van der Waals surface area contributed by atoms with Crippen LogP contribution in [-0.4, -0.2) is 24.4 Å². The Bertz CT molecular complexity index is 497. The van der Waals surface area contributed by atoms with Gasteiger partial charge in [0.25, 0.3) is 5.91 Å². The predicted octanol–water partition coefficient (Wildman–Crippen LogP) is 3.95. The van der Waals surface area contributed by atoms with Crippen LogP contribution in [0.2, 0.25) is 0 Å². The minimum Gasteiger partial charge on any atom is -0.341 e. The minimum atomic E-state index is -4.44. The van der Waals surface area contributed by atoms with Gasteiger partial charge in [-0.15, -0.1) is 0 Å². The van der Waals surface area contributed by atoms with Crippen LogP contribution in [0.25, 0.3) is 0 Å². The van der Waals surface area contributed by atoms with Crippen molar-refractivity contribution in [3.63, 3.8) is 0 Å². The second-order valence-corrected chi connectivity index (χ2v) is 5.68. The number of amides is 1. The molecule has 1 aromatic carbocycles. The molecule has 1 aromatic rings. The number of hydrogen-bond acceptors (Lipinski definition) is 1. The SMILES string of the molecule is CN(CC1CC1)C(=O)c1cc(C(F)(F)F)ccc1Br. The highest BCUT2D eigenvalue weighted by Crippen LogP contribution is 2.33. The third-order valence-electron chi connectivity index (χ3n) is 3.10. The topological polar surface area (TPSA) is 20.3 Å². The highest BCUT2D eigenvalue weighted by atomic mass is 79.9. The van der Waals surface area contributed by atoms with Crippen LogP contribution in [0.1, 0.15) is 28.8 Å². The average molecular weight is 336 g/mol. The van der Waals surface area contributed by atoms with Gasteiger partial charge in [-0.1, -0.05) is 0 Å². The predicted molar refractivity (Wildman–Crippen MR) is 68.8 cm³/mol. The van der Waals surface area contributed by atoms with E-state index in [1.807, 2.05) is 0 Å². The van der Waals surface area contributed by atoms with E-state index in [-0.39, 0.29) is 11.5 Å². The summed E-state index contributed by atoms with van der Waals surface area (Å²) in [5.74, 6) is 0.114. The van der Waals surface area contributed by atoms with E-state index in [0.717, 1.165) is 25.0 Å². The average Bonchev–Trinajstić information content (AvgIpc) is 3.11. The first-order chi connectivity index (χ1) is 8.79. The molecule has 1 amide bonds. The monoisotopic (exact) mass is 335 g/mol. The number of benzene rings is 1. The molecule has 0 bridgehead atoms. The molecule has 2 rings (SSSR count). The van der Waals surface area contributed by atoms with Gasteiger partial charge in [-0.3, -0.25) is 4.79 Å². The lowest BCUT2D eigenvalue weighted by Gasteiger charge is -2.18. The lowest BCUT2D eigenvalue weighted by atomic mass is 10.1. The van der Waals surface area contributed by atoms with E-state index in [0.29, 0.717) is 16.9 Å². The summed E-state index contributed by atoms with van der Waals surface area (Å²) in [6, 6.07) is 3.12. The second kappa shape index (κ2) is 5.15. The molecule has 0 aliphatic heterocycles. The van der Waals surface area contributed by atoms with Crippen LogP contribution in [0.4, 0.5) is 13.2 Å². The van der Waals surface area contributed by atoms with Crippen LogP contribution in [0.3, 0.4) is 0 Å². The van der Waals surface area contributed by atoms with Crippen LogP contribution < -0.4 is 0 Å². The fraction of sp³-hybridized carbons (Fsp3) is 0.462. The highest BCUT2D eigenvalue weighted by Gasteiger charge is 2.32. The van der Waals surface area contributed by atoms with Crippen LogP contribution in [0.15, 0.2) is 22.7 Å². The molecular formula is C13H13BrF3NO. The Morgan fingerprint density at radius 2 is 2.05 bits per heavy atom. The molecule has 1 saturated carbocycles. The second-order valence-electron chi connectivity index (χ2n) is 4.82. The number of carbonyl (C=O) groups is 1. The zero-order chi connectivity index (χ0) is 14.2. The molecule has 0 spiro atoms. The molecule has 0 unspecified atom stereocenters. The van der Waals surface area contributed by atoms with E-state index in [1.165, 1.54) is 11.0 Å². The van der Waals surface area contributed by atoms with Crippen molar-refractivity contribution in [3.05, 3.63) is 33.8 Å².